The van der Waals surface area contributed by atoms with Crippen molar-refractivity contribution in [3.05, 3.63) is 11.9 Å². The zero-order valence-electron chi connectivity index (χ0n) is 6.11. The number of aromatic nitrogens is 2. The zero-order chi connectivity index (χ0) is 8.43. The van der Waals surface area contributed by atoms with Gasteiger partial charge in [0.25, 0.3) is 0 Å². The van der Waals surface area contributed by atoms with Gasteiger partial charge in [-0.1, -0.05) is 0 Å². The molecule has 0 bridgehead atoms. The van der Waals surface area contributed by atoms with E-state index >= 15 is 0 Å². The number of aryl methyl sites for hydroxylation is 1. The fourth-order valence-corrected chi connectivity index (χ4v) is 0.765. The lowest BCUT2D eigenvalue weighted by atomic mass is 10.4. The molecule has 1 aromatic heterocycles. The first-order valence-electron chi connectivity index (χ1n) is 3.21. The van der Waals surface area contributed by atoms with Crippen LogP contribution in [0.3, 0.4) is 0 Å². The van der Waals surface area contributed by atoms with Crippen LogP contribution in [-0.2, 0) is 6.54 Å². The molecule has 5 nitrogen and oxygen atoms in total. The maximum Gasteiger partial charge on any atom is 0.358 e. The van der Waals surface area contributed by atoms with Gasteiger partial charge in [0.15, 0.2) is 5.69 Å². The number of carbonyl (C=O) groups is 1. The van der Waals surface area contributed by atoms with Gasteiger partial charge >= 0.3 is 5.97 Å². The molecule has 1 rings (SSSR count). The maximum atomic E-state index is 10.4. The van der Waals surface area contributed by atoms with Gasteiger partial charge in [0.05, 0.1) is 5.69 Å². The standard InChI is InChI=1S/C6H9N3O2/c1-2-9-3-4(7)5(8-9)6(10)11/h3H,2,7H2,1H3,(H,10,11). The number of aromatic carboxylic acids is 1. The number of anilines is 1. The highest BCUT2D eigenvalue weighted by molar-refractivity contribution is 5.91. The summed E-state index contributed by atoms with van der Waals surface area (Å²) in [5.41, 5.74) is 5.48. The smallest absolute Gasteiger partial charge is 0.358 e. The third kappa shape index (κ3) is 1.31. The van der Waals surface area contributed by atoms with E-state index in [0.717, 1.165) is 0 Å². The molecule has 1 heterocycles. The Morgan fingerprint density at radius 3 is 2.82 bits per heavy atom. The van der Waals surface area contributed by atoms with E-state index in [2.05, 4.69) is 5.10 Å². The van der Waals surface area contributed by atoms with E-state index in [0.29, 0.717) is 6.54 Å². The molecule has 5 heteroatoms. The second kappa shape index (κ2) is 2.61. The van der Waals surface area contributed by atoms with Crippen LogP contribution in [0, 0.1) is 0 Å². The third-order valence-corrected chi connectivity index (χ3v) is 1.32. The molecule has 60 valence electrons. The van der Waals surface area contributed by atoms with Crippen LogP contribution in [0.5, 0.6) is 0 Å². The van der Waals surface area contributed by atoms with Gasteiger partial charge < -0.3 is 10.8 Å². The second-order valence-electron chi connectivity index (χ2n) is 2.09. The zero-order valence-corrected chi connectivity index (χ0v) is 6.11. The molecule has 0 aliphatic heterocycles. The Morgan fingerprint density at radius 2 is 2.55 bits per heavy atom. The highest BCUT2D eigenvalue weighted by Crippen LogP contribution is 2.07. The largest absolute Gasteiger partial charge is 0.476 e. The van der Waals surface area contributed by atoms with Gasteiger partial charge in [-0.15, -0.1) is 0 Å². The molecule has 0 radical (unpaired) electrons. The average molecular weight is 155 g/mol. The number of hydrogen-bond donors (Lipinski definition) is 2. The molecule has 1 aromatic rings. The lowest BCUT2D eigenvalue weighted by molar-refractivity contribution is 0.0690. The number of nitrogen functional groups attached to an aromatic ring is 1. The normalized spacial score (nSPS) is 9.91. The summed E-state index contributed by atoms with van der Waals surface area (Å²) in [5, 5.41) is 12.2. The number of carboxylic acids is 1. The molecule has 0 aliphatic rings. The summed E-state index contributed by atoms with van der Waals surface area (Å²) in [6.45, 7) is 2.48. The van der Waals surface area contributed by atoms with Crippen LogP contribution in [0.25, 0.3) is 0 Å². The van der Waals surface area contributed by atoms with Crippen molar-refractivity contribution in [1.29, 1.82) is 0 Å². The average Bonchev–Trinajstić information content (AvgIpc) is 2.30. The van der Waals surface area contributed by atoms with Gasteiger partial charge in [0.1, 0.15) is 0 Å². The third-order valence-electron chi connectivity index (χ3n) is 1.32. The number of rotatable bonds is 2. The van der Waals surface area contributed by atoms with Crippen LogP contribution in [-0.4, -0.2) is 20.9 Å². The molecular weight excluding hydrogens is 146 g/mol. The molecule has 0 saturated heterocycles. The number of hydrogen-bond acceptors (Lipinski definition) is 3. The van der Waals surface area contributed by atoms with Crippen molar-refractivity contribution in [3.8, 4) is 0 Å². The fraction of sp³-hybridized carbons (Fsp3) is 0.333. The van der Waals surface area contributed by atoms with Crippen LogP contribution in [0.2, 0.25) is 0 Å². The van der Waals surface area contributed by atoms with Crippen LogP contribution < -0.4 is 5.73 Å². The van der Waals surface area contributed by atoms with Gasteiger partial charge in [0.2, 0.25) is 0 Å². The van der Waals surface area contributed by atoms with Gasteiger partial charge in [-0.2, -0.15) is 5.10 Å². The molecule has 0 unspecified atom stereocenters. The number of carboxylic acid groups (broad SMARTS) is 1. The predicted octanol–water partition coefficient (Wildman–Crippen LogP) is 0.183. The van der Waals surface area contributed by atoms with Gasteiger partial charge in [-0.3, -0.25) is 4.68 Å². The minimum Gasteiger partial charge on any atom is -0.476 e. The van der Waals surface area contributed by atoms with E-state index in [1.807, 2.05) is 6.92 Å². The Morgan fingerprint density at radius 1 is 1.91 bits per heavy atom. The molecule has 0 aliphatic carbocycles. The van der Waals surface area contributed by atoms with Crippen molar-refractivity contribution in [2.24, 2.45) is 0 Å². The van der Waals surface area contributed by atoms with Gasteiger partial charge in [-0.05, 0) is 6.92 Å². The van der Waals surface area contributed by atoms with E-state index in [-0.39, 0.29) is 11.4 Å². The highest BCUT2D eigenvalue weighted by atomic mass is 16.4. The highest BCUT2D eigenvalue weighted by Gasteiger charge is 2.11. The summed E-state index contributed by atoms with van der Waals surface area (Å²) in [6, 6.07) is 0. The Hall–Kier alpha value is -1.52. The number of nitrogens with zero attached hydrogens (tertiary/aromatic N) is 2. The van der Waals surface area contributed by atoms with Crippen molar-refractivity contribution in [3.63, 3.8) is 0 Å². The molecule has 0 fully saturated rings. The van der Waals surface area contributed by atoms with Crippen LogP contribution >= 0.6 is 0 Å². The molecule has 0 aromatic carbocycles. The molecule has 3 N–H and O–H groups in total. The molecule has 0 spiro atoms. The molecule has 0 amide bonds. The Labute approximate surface area is 63.4 Å². The van der Waals surface area contributed by atoms with E-state index in [4.69, 9.17) is 10.8 Å². The summed E-state index contributed by atoms with van der Waals surface area (Å²) in [5.74, 6) is -1.09. The Kier molecular flexibility index (Phi) is 1.80. The first-order chi connectivity index (χ1) is 5.15. The molecule has 11 heavy (non-hydrogen) atoms. The first-order valence-corrected chi connectivity index (χ1v) is 3.21. The van der Waals surface area contributed by atoms with Crippen molar-refractivity contribution < 1.29 is 9.90 Å². The van der Waals surface area contributed by atoms with Crippen molar-refractivity contribution in [1.82, 2.24) is 9.78 Å². The van der Waals surface area contributed by atoms with E-state index in [1.54, 1.807) is 0 Å². The number of nitrogens with two attached hydrogens (primary N) is 1. The minimum atomic E-state index is -1.09. The Bertz CT molecular complexity index is 279. The van der Waals surface area contributed by atoms with Crippen molar-refractivity contribution >= 4 is 11.7 Å². The summed E-state index contributed by atoms with van der Waals surface area (Å²) < 4.78 is 1.48. The topological polar surface area (TPSA) is 81.1 Å². The lowest BCUT2D eigenvalue weighted by Gasteiger charge is -1.89. The van der Waals surface area contributed by atoms with E-state index in [1.165, 1.54) is 10.9 Å². The molecular formula is C6H9N3O2. The van der Waals surface area contributed by atoms with E-state index in [9.17, 15) is 4.79 Å². The van der Waals surface area contributed by atoms with Crippen molar-refractivity contribution in [2.45, 2.75) is 13.5 Å². The lowest BCUT2D eigenvalue weighted by Crippen LogP contribution is -2.02. The predicted molar refractivity (Wildman–Crippen MR) is 39.3 cm³/mol. The molecule has 0 saturated carbocycles. The van der Waals surface area contributed by atoms with Gasteiger partial charge in [-0.25, -0.2) is 4.79 Å². The van der Waals surface area contributed by atoms with Crippen LogP contribution in [0.4, 0.5) is 5.69 Å². The minimum absolute atomic E-state index is 0.0770. The van der Waals surface area contributed by atoms with Crippen LogP contribution in [0.15, 0.2) is 6.20 Å². The summed E-state index contributed by atoms with van der Waals surface area (Å²) in [4.78, 5) is 10.4. The summed E-state index contributed by atoms with van der Waals surface area (Å²) >= 11 is 0. The fourth-order valence-electron chi connectivity index (χ4n) is 0.765. The quantitative estimate of drug-likeness (QED) is 0.638. The molecule has 0 atom stereocenters. The monoisotopic (exact) mass is 155 g/mol. The first kappa shape index (κ1) is 7.59. The Balaban J connectivity index is 3.07. The maximum absolute atomic E-state index is 10.4. The second-order valence-corrected chi connectivity index (χ2v) is 2.09. The summed E-state index contributed by atoms with van der Waals surface area (Å²) in [7, 11) is 0. The van der Waals surface area contributed by atoms with Crippen molar-refractivity contribution in [2.75, 3.05) is 5.73 Å². The van der Waals surface area contributed by atoms with Gasteiger partial charge in [0, 0.05) is 12.7 Å². The SMILES string of the molecule is CCn1cc(N)c(C(=O)O)n1. The van der Waals surface area contributed by atoms with Crippen LogP contribution in [0.1, 0.15) is 17.4 Å². The summed E-state index contributed by atoms with van der Waals surface area (Å²) in [6.07, 6.45) is 1.50. The van der Waals surface area contributed by atoms with E-state index < -0.39 is 5.97 Å².